The van der Waals surface area contributed by atoms with Gasteiger partial charge in [0, 0.05) is 44.6 Å². The molecule has 3 rings (SSSR count). The molecule has 2 aliphatic rings. The molecule has 0 bridgehead atoms. The Balaban J connectivity index is 1.46. The van der Waals surface area contributed by atoms with E-state index in [-0.39, 0.29) is 0 Å². The Bertz CT molecular complexity index is 370. The van der Waals surface area contributed by atoms with Crippen molar-refractivity contribution >= 4 is 5.82 Å². The highest BCUT2D eigenvalue weighted by Gasteiger charge is 2.23. The van der Waals surface area contributed by atoms with E-state index in [0.717, 1.165) is 32.1 Å². The third-order valence-electron chi connectivity index (χ3n) is 4.16. The van der Waals surface area contributed by atoms with Crippen LogP contribution in [0.5, 0.6) is 0 Å². The molecule has 0 unspecified atom stereocenters. The summed E-state index contributed by atoms with van der Waals surface area (Å²) in [6.07, 6.45) is 6.64. The van der Waals surface area contributed by atoms with Gasteiger partial charge in [-0.1, -0.05) is 6.07 Å². The summed E-state index contributed by atoms with van der Waals surface area (Å²) < 4.78 is 5.41. The average Bonchev–Trinajstić information content (AvgIpc) is 2.50. The molecule has 1 aromatic rings. The van der Waals surface area contributed by atoms with Gasteiger partial charge in [-0.15, -0.1) is 0 Å². The number of nitrogens with one attached hydrogen (secondary N) is 1. The number of ether oxygens (including phenoxy) is 1. The second kappa shape index (κ2) is 6.35. The molecule has 4 heteroatoms. The monoisotopic (exact) mass is 261 g/mol. The maximum Gasteiger partial charge on any atom is 0.128 e. The predicted octanol–water partition coefficient (Wildman–Crippen LogP) is 1.82. The summed E-state index contributed by atoms with van der Waals surface area (Å²) in [5, 5.41) is 3.80. The average molecular weight is 261 g/mol. The summed E-state index contributed by atoms with van der Waals surface area (Å²) in [4.78, 5) is 6.82. The molecule has 0 radical (unpaired) electrons. The Morgan fingerprint density at radius 1 is 1.05 bits per heavy atom. The SMILES string of the molecule is c1ccc(N2CCC(NC3CCOCC3)CC2)nc1. The summed E-state index contributed by atoms with van der Waals surface area (Å²) >= 11 is 0. The molecule has 0 atom stereocenters. The lowest BCUT2D eigenvalue weighted by Crippen LogP contribution is -2.47. The van der Waals surface area contributed by atoms with E-state index < -0.39 is 0 Å². The fourth-order valence-electron chi connectivity index (χ4n) is 3.01. The summed E-state index contributed by atoms with van der Waals surface area (Å²) in [5.41, 5.74) is 0. The van der Waals surface area contributed by atoms with Gasteiger partial charge in [-0.25, -0.2) is 4.98 Å². The van der Waals surface area contributed by atoms with Crippen LogP contribution in [0.25, 0.3) is 0 Å². The Kier molecular flexibility index (Phi) is 4.30. The first-order valence-electron chi connectivity index (χ1n) is 7.41. The van der Waals surface area contributed by atoms with E-state index in [9.17, 15) is 0 Å². The molecule has 2 aliphatic heterocycles. The molecule has 104 valence electrons. The largest absolute Gasteiger partial charge is 0.381 e. The minimum Gasteiger partial charge on any atom is -0.381 e. The van der Waals surface area contributed by atoms with Crippen LogP contribution in [-0.2, 0) is 4.74 Å². The number of rotatable bonds is 3. The standard InChI is InChI=1S/C15H23N3O/c1-2-8-16-15(3-1)18-9-4-13(5-10-18)17-14-6-11-19-12-7-14/h1-3,8,13-14,17H,4-7,9-12H2. The smallest absolute Gasteiger partial charge is 0.128 e. The minimum atomic E-state index is 0.667. The van der Waals surface area contributed by atoms with Crippen LogP contribution < -0.4 is 10.2 Å². The molecule has 2 saturated heterocycles. The highest BCUT2D eigenvalue weighted by molar-refractivity contribution is 5.38. The summed E-state index contributed by atoms with van der Waals surface area (Å²) in [5.74, 6) is 1.12. The van der Waals surface area contributed by atoms with Crippen LogP contribution in [0.1, 0.15) is 25.7 Å². The number of anilines is 1. The van der Waals surface area contributed by atoms with E-state index in [1.165, 1.54) is 25.7 Å². The van der Waals surface area contributed by atoms with Gasteiger partial charge in [-0.05, 0) is 37.8 Å². The lowest BCUT2D eigenvalue weighted by atomic mass is 10.0. The zero-order valence-corrected chi connectivity index (χ0v) is 11.4. The molecule has 0 aromatic carbocycles. The first-order valence-corrected chi connectivity index (χ1v) is 7.41. The number of nitrogens with zero attached hydrogens (tertiary/aromatic N) is 2. The summed E-state index contributed by atoms with van der Waals surface area (Å²) in [6, 6.07) is 7.48. The van der Waals surface area contributed by atoms with Crippen LogP contribution in [0, 0.1) is 0 Å². The lowest BCUT2D eigenvalue weighted by molar-refractivity contribution is 0.0738. The van der Waals surface area contributed by atoms with Crippen molar-refractivity contribution in [1.29, 1.82) is 0 Å². The lowest BCUT2D eigenvalue weighted by Gasteiger charge is -2.36. The minimum absolute atomic E-state index is 0.667. The third kappa shape index (κ3) is 3.45. The number of piperidine rings is 1. The Hall–Kier alpha value is -1.13. The van der Waals surface area contributed by atoms with Gasteiger partial charge in [0.05, 0.1) is 0 Å². The number of pyridine rings is 1. The number of hydrogen-bond donors (Lipinski definition) is 1. The van der Waals surface area contributed by atoms with Crippen LogP contribution in [0.2, 0.25) is 0 Å². The summed E-state index contributed by atoms with van der Waals surface area (Å²) in [7, 11) is 0. The van der Waals surface area contributed by atoms with Crippen LogP contribution in [0.15, 0.2) is 24.4 Å². The second-order valence-electron chi connectivity index (χ2n) is 5.50. The Morgan fingerprint density at radius 2 is 1.79 bits per heavy atom. The fraction of sp³-hybridized carbons (Fsp3) is 0.667. The molecule has 4 nitrogen and oxygen atoms in total. The quantitative estimate of drug-likeness (QED) is 0.900. The van der Waals surface area contributed by atoms with Crippen LogP contribution in [-0.4, -0.2) is 43.4 Å². The van der Waals surface area contributed by atoms with E-state index in [4.69, 9.17) is 4.74 Å². The van der Waals surface area contributed by atoms with E-state index in [1.54, 1.807) is 0 Å². The van der Waals surface area contributed by atoms with E-state index >= 15 is 0 Å². The van der Waals surface area contributed by atoms with Crippen LogP contribution >= 0.6 is 0 Å². The molecule has 0 spiro atoms. The predicted molar refractivity (Wildman–Crippen MR) is 76.4 cm³/mol. The molecule has 0 saturated carbocycles. The van der Waals surface area contributed by atoms with Crippen molar-refractivity contribution in [3.63, 3.8) is 0 Å². The molecule has 1 N–H and O–H groups in total. The van der Waals surface area contributed by atoms with Gasteiger partial charge in [-0.3, -0.25) is 0 Å². The Labute approximate surface area is 115 Å². The number of hydrogen-bond acceptors (Lipinski definition) is 4. The van der Waals surface area contributed by atoms with Gasteiger partial charge < -0.3 is 15.0 Å². The molecule has 3 heterocycles. The number of aromatic nitrogens is 1. The van der Waals surface area contributed by atoms with Gasteiger partial charge in [0.1, 0.15) is 5.82 Å². The zero-order valence-electron chi connectivity index (χ0n) is 11.4. The maximum absolute atomic E-state index is 5.41. The molecule has 0 aliphatic carbocycles. The molecular formula is C15H23N3O. The van der Waals surface area contributed by atoms with Gasteiger partial charge in [0.25, 0.3) is 0 Å². The van der Waals surface area contributed by atoms with Gasteiger partial charge >= 0.3 is 0 Å². The van der Waals surface area contributed by atoms with Crippen molar-refractivity contribution in [3.8, 4) is 0 Å². The van der Waals surface area contributed by atoms with Gasteiger partial charge in [-0.2, -0.15) is 0 Å². The summed E-state index contributed by atoms with van der Waals surface area (Å²) in [6.45, 7) is 4.06. The molecule has 1 aromatic heterocycles. The van der Waals surface area contributed by atoms with Crippen molar-refractivity contribution in [1.82, 2.24) is 10.3 Å². The normalized spacial score (nSPS) is 22.6. The first kappa shape index (κ1) is 12.9. The zero-order chi connectivity index (χ0) is 12.9. The van der Waals surface area contributed by atoms with Crippen molar-refractivity contribution < 1.29 is 4.74 Å². The third-order valence-corrected chi connectivity index (χ3v) is 4.16. The van der Waals surface area contributed by atoms with Crippen LogP contribution in [0.3, 0.4) is 0 Å². The molecular weight excluding hydrogens is 238 g/mol. The van der Waals surface area contributed by atoms with Crippen molar-refractivity contribution in [2.45, 2.75) is 37.8 Å². The van der Waals surface area contributed by atoms with Crippen molar-refractivity contribution in [2.75, 3.05) is 31.2 Å². The topological polar surface area (TPSA) is 37.4 Å². The van der Waals surface area contributed by atoms with E-state index in [0.29, 0.717) is 12.1 Å². The molecule has 0 amide bonds. The highest BCUT2D eigenvalue weighted by Crippen LogP contribution is 2.18. The van der Waals surface area contributed by atoms with Gasteiger partial charge in [0.15, 0.2) is 0 Å². The highest BCUT2D eigenvalue weighted by atomic mass is 16.5. The molecule has 2 fully saturated rings. The fourth-order valence-corrected chi connectivity index (χ4v) is 3.01. The second-order valence-corrected chi connectivity index (χ2v) is 5.50. The van der Waals surface area contributed by atoms with E-state index in [2.05, 4.69) is 27.3 Å². The van der Waals surface area contributed by atoms with Gasteiger partial charge in [0.2, 0.25) is 0 Å². The molecule has 19 heavy (non-hydrogen) atoms. The van der Waals surface area contributed by atoms with Crippen molar-refractivity contribution in [2.24, 2.45) is 0 Å². The van der Waals surface area contributed by atoms with Crippen LogP contribution in [0.4, 0.5) is 5.82 Å². The Morgan fingerprint density at radius 3 is 2.47 bits per heavy atom. The maximum atomic E-state index is 5.41. The van der Waals surface area contributed by atoms with E-state index in [1.807, 2.05) is 12.3 Å². The van der Waals surface area contributed by atoms with Crippen molar-refractivity contribution in [3.05, 3.63) is 24.4 Å². The first-order chi connectivity index (χ1) is 9.42.